The van der Waals surface area contributed by atoms with Gasteiger partial charge in [0.05, 0.1) is 6.42 Å². The van der Waals surface area contributed by atoms with Gasteiger partial charge in [0.2, 0.25) is 0 Å². The summed E-state index contributed by atoms with van der Waals surface area (Å²) in [6.45, 7) is 0. The smallest absolute Gasteiger partial charge is 0.172 e. The van der Waals surface area contributed by atoms with Crippen LogP contribution in [0, 0.1) is 0 Å². The predicted molar refractivity (Wildman–Crippen MR) is 133 cm³/mol. The van der Waals surface area contributed by atoms with Crippen LogP contribution in [0.3, 0.4) is 0 Å². The highest BCUT2D eigenvalue weighted by atomic mass is 28.3. The summed E-state index contributed by atoms with van der Waals surface area (Å²) in [5, 5.41) is 3.88. The van der Waals surface area contributed by atoms with Gasteiger partial charge in [0.15, 0.2) is 19.6 Å². The molecule has 5 rings (SSSR count). The SMILES string of the molecule is O=C1CC(=O)c2cc(/C=C/[Si](c3ccccc3)(c3ccccc3)c3ccccc3)ccc21. The lowest BCUT2D eigenvalue weighted by molar-refractivity contribution is 0.0923. The van der Waals surface area contributed by atoms with Gasteiger partial charge in [0.1, 0.15) is 0 Å². The van der Waals surface area contributed by atoms with E-state index < -0.39 is 8.07 Å². The van der Waals surface area contributed by atoms with Gasteiger partial charge in [-0.25, -0.2) is 0 Å². The molecule has 0 atom stereocenters. The number of hydrogen-bond donors (Lipinski definition) is 0. The van der Waals surface area contributed by atoms with Crippen LogP contribution >= 0.6 is 0 Å². The first-order chi connectivity index (χ1) is 15.7. The molecule has 0 bridgehead atoms. The highest BCUT2D eigenvalue weighted by Gasteiger charge is 2.36. The molecule has 32 heavy (non-hydrogen) atoms. The summed E-state index contributed by atoms with van der Waals surface area (Å²) >= 11 is 0. The van der Waals surface area contributed by atoms with E-state index in [9.17, 15) is 9.59 Å². The largest absolute Gasteiger partial charge is 0.294 e. The summed E-state index contributed by atoms with van der Waals surface area (Å²) in [6, 6.07) is 37.5. The lowest BCUT2D eigenvalue weighted by Crippen LogP contribution is -2.66. The fourth-order valence-corrected chi connectivity index (χ4v) is 8.76. The van der Waals surface area contributed by atoms with Crippen LogP contribution in [0.1, 0.15) is 32.7 Å². The van der Waals surface area contributed by atoms with E-state index in [1.807, 2.05) is 30.3 Å². The number of fused-ring (bicyclic) bond motifs is 1. The molecule has 4 aromatic rings. The van der Waals surface area contributed by atoms with Crippen LogP contribution in [0.5, 0.6) is 0 Å². The van der Waals surface area contributed by atoms with Crippen molar-refractivity contribution < 1.29 is 9.59 Å². The molecule has 0 radical (unpaired) electrons. The zero-order chi connectivity index (χ0) is 22.0. The quantitative estimate of drug-likeness (QED) is 0.270. The topological polar surface area (TPSA) is 34.1 Å². The van der Waals surface area contributed by atoms with Crippen molar-refractivity contribution in [1.82, 2.24) is 0 Å². The second kappa shape index (κ2) is 8.37. The number of ketones is 2. The Morgan fingerprint density at radius 2 is 1.03 bits per heavy atom. The van der Waals surface area contributed by atoms with E-state index >= 15 is 0 Å². The van der Waals surface area contributed by atoms with Crippen molar-refractivity contribution >= 4 is 41.3 Å². The molecule has 0 saturated carbocycles. The third-order valence-corrected chi connectivity index (χ3v) is 10.6. The molecule has 0 heterocycles. The van der Waals surface area contributed by atoms with Gasteiger partial charge in [-0.3, -0.25) is 9.59 Å². The summed E-state index contributed by atoms with van der Waals surface area (Å²) in [7, 11) is -2.50. The molecular weight excluding hydrogens is 408 g/mol. The molecule has 1 aliphatic rings. The molecule has 3 heteroatoms. The van der Waals surface area contributed by atoms with E-state index in [1.54, 1.807) is 6.07 Å². The van der Waals surface area contributed by atoms with Crippen molar-refractivity contribution in [2.75, 3.05) is 0 Å². The molecule has 1 aliphatic carbocycles. The molecule has 0 aromatic heterocycles. The van der Waals surface area contributed by atoms with Crippen molar-refractivity contribution in [2.24, 2.45) is 0 Å². The maximum Gasteiger partial charge on any atom is 0.172 e. The van der Waals surface area contributed by atoms with E-state index in [-0.39, 0.29) is 18.0 Å². The normalized spacial score (nSPS) is 13.5. The minimum Gasteiger partial charge on any atom is -0.294 e. The van der Waals surface area contributed by atoms with Gasteiger partial charge in [-0.05, 0) is 27.2 Å². The Kier molecular flexibility index (Phi) is 5.26. The maximum atomic E-state index is 12.3. The van der Waals surface area contributed by atoms with E-state index in [0.29, 0.717) is 11.1 Å². The number of carbonyl (C=O) groups is 2. The van der Waals surface area contributed by atoms with Crippen molar-refractivity contribution in [3.63, 3.8) is 0 Å². The maximum absolute atomic E-state index is 12.3. The van der Waals surface area contributed by atoms with E-state index in [2.05, 4.69) is 84.6 Å². The Morgan fingerprint density at radius 1 is 0.562 bits per heavy atom. The molecule has 0 aliphatic heterocycles. The highest BCUT2D eigenvalue weighted by molar-refractivity contribution is 7.15. The van der Waals surface area contributed by atoms with Gasteiger partial charge in [0, 0.05) is 11.1 Å². The average Bonchev–Trinajstić information content (AvgIpc) is 3.14. The van der Waals surface area contributed by atoms with Crippen molar-refractivity contribution in [3.8, 4) is 0 Å². The van der Waals surface area contributed by atoms with Crippen LogP contribution in [0.4, 0.5) is 0 Å². The third-order valence-electron chi connectivity index (χ3n) is 6.18. The molecule has 0 unspecified atom stereocenters. The molecule has 2 nitrogen and oxygen atoms in total. The molecule has 0 spiro atoms. The molecule has 154 valence electrons. The van der Waals surface area contributed by atoms with Crippen LogP contribution in [0.25, 0.3) is 6.08 Å². The van der Waals surface area contributed by atoms with Crippen LogP contribution in [0.15, 0.2) is 115 Å². The molecule has 0 fully saturated rings. The fraction of sp³-hybridized carbons (Fsp3) is 0.0345. The van der Waals surface area contributed by atoms with E-state index in [4.69, 9.17) is 0 Å². The number of carbonyl (C=O) groups excluding carboxylic acids is 2. The monoisotopic (exact) mass is 430 g/mol. The molecule has 0 saturated heterocycles. The van der Waals surface area contributed by atoms with Crippen molar-refractivity contribution in [2.45, 2.75) is 6.42 Å². The fourth-order valence-electron chi connectivity index (χ4n) is 4.59. The Labute approximate surface area is 188 Å². The standard InChI is InChI=1S/C29H22O2Si/c30-28-21-29(31)27-20-22(16-17-26(27)28)18-19-32(23-10-4-1-5-11-23,24-12-6-2-7-13-24)25-14-8-3-9-15-25/h1-20H,21H2/b19-18+. The highest BCUT2D eigenvalue weighted by Crippen LogP contribution is 2.24. The van der Waals surface area contributed by atoms with Gasteiger partial charge < -0.3 is 0 Å². The lowest BCUT2D eigenvalue weighted by atomic mass is 10.1. The second-order valence-corrected chi connectivity index (χ2v) is 11.7. The van der Waals surface area contributed by atoms with Crippen LogP contribution in [0.2, 0.25) is 0 Å². The van der Waals surface area contributed by atoms with Gasteiger partial charge in [-0.1, -0.05) is 115 Å². The molecule has 4 aromatic carbocycles. The lowest BCUT2D eigenvalue weighted by Gasteiger charge is -2.30. The summed E-state index contributed by atoms with van der Waals surface area (Å²) in [5.74, 6) is -0.167. The van der Waals surface area contributed by atoms with Crippen molar-refractivity contribution in [1.29, 1.82) is 0 Å². The number of hydrogen-bond acceptors (Lipinski definition) is 2. The molecule has 0 amide bonds. The summed E-state index contributed by atoms with van der Waals surface area (Å²) in [4.78, 5) is 24.3. The average molecular weight is 431 g/mol. The molecular formula is C29H22O2Si. The van der Waals surface area contributed by atoms with Crippen molar-refractivity contribution in [3.05, 3.63) is 132 Å². The third kappa shape index (κ3) is 3.47. The second-order valence-electron chi connectivity index (χ2n) is 8.07. The minimum absolute atomic E-state index is 0.0146. The zero-order valence-corrected chi connectivity index (χ0v) is 18.6. The Balaban J connectivity index is 1.71. The van der Waals surface area contributed by atoms with Gasteiger partial charge in [-0.15, -0.1) is 0 Å². The summed E-state index contributed by atoms with van der Waals surface area (Å²) in [5.41, 5.74) is 4.37. The first-order valence-electron chi connectivity index (χ1n) is 10.7. The zero-order valence-electron chi connectivity index (χ0n) is 17.6. The van der Waals surface area contributed by atoms with Gasteiger partial charge >= 0.3 is 0 Å². The van der Waals surface area contributed by atoms with Crippen LogP contribution in [-0.4, -0.2) is 19.6 Å². The Hall–Kier alpha value is -3.82. The first-order valence-corrected chi connectivity index (χ1v) is 12.8. The Bertz CT molecular complexity index is 1210. The first kappa shape index (κ1) is 20.1. The van der Waals surface area contributed by atoms with Crippen LogP contribution in [-0.2, 0) is 0 Å². The molecule has 0 N–H and O–H groups in total. The Morgan fingerprint density at radius 3 is 1.53 bits per heavy atom. The number of Topliss-reactive ketones (excluding diaryl/α,β-unsaturated/α-hetero) is 2. The van der Waals surface area contributed by atoms with Gasteiger partial charge in [0.25, 0.3) is 0 Å². The van der Waals surface area contributed by atoms with Gasteiger partial charge in [-0.2, -0.15) is 0 Å². The van der Waals surface area contributed by atoms with E-state index in [1.165, 1.54) is 15.6 Å². The van der Waals surface area contributed by atoms with Crippen LogP contribution < -0.4 is 15.6 Å². The number of rotatable bonds is 5. The minimum atomic E-state index is -2.50. The summed E-state index contributed by atoms with van der Waals surface area (Å²) in [6.07, 6.45) is 2.11. The number of benzene rings is 4. The van der Waals surface area contributed by atoms with E-state index in [0.717, 1.165) is 5.56 Å². The predicted octanol–water partition coefficient (Wildman–Crippen LogP) is 4.18. The summed E-state index contributed by atoms with van der Waals surface area (Å²) < 4.78 is 0.